The van der Waals surface area contributed by atoms with Crippen LogP contribution in [0.15, 0.2) is 39.4 Å². The first-order valence-electron chi connectivity index (χ1n) is 6.22. The molecule has 0 saturated heterocycles. The molecule has 0 saturated carbocycles. The number of nitrogens with one attached hydrogen (secondary N) is 2. The van der Waals surface area contributed by atoms with Crippen LogP contribution in [0, 0.1) is 5.82 Å². The molecular weight excluding hydrogens is 421 g/mol. The zero-order valence-corrected chi connectivity index (χ0v) is 14.7. The smallest absolute Gasteiger partial charge is 0.286 e. The van der Waals surface area contributed by atoms with Crippen LogP contribution in [0.3, 0.4) is 0 Å². The molecule has 0 aliphatic carbocycles. The van der Waals surface area contributed by atoms with Gasteiger partial charge < -0.3 is 4.57 Å². The zero-order valence-electron chi connectivity index (χ0n) is 11.5. The van der Waals surface area contributed by atoms with Gasteiger partial charge in [-0.1, -0.05) is 6.07 Å². The number of carbonyl (C=O) groups is 2. The lowest BCUT2D eigenvalue weighted by Gasteiger charge is -2.08. The Morgan fingerprint density at radius 1 is 1.23 bits per heavy atom. The van der Waals surface area contributed by atoms with E-state index in [0.29, 0.717) is 11.3 Å². The third-order valence-electron chi connectivity index (χ3n) is 2.87. The third-order valence-corrected chi connectivity index (χ3v) is 3.91. The largest absolute Gasteiger partial charge is 0.345 e. The van der Waals surface area contributed by atoms with Crippen molar-refractivity contribution in [1.29, 1.82) is 0 Å². The molecule has 1 aromatic carbocycles. The van der Waals surface area contributed by atoms with E-state index in [1.54, 1.807) is 23.9 Å². The van der Waals surface area contributed by atoms with Crippen molar-refractivity contribution < 1.29 is 14.0 Å². The summed E-state index contributed by atoms with van der Waals surface area (Å²) in [5, 5.41) is 0. The molecule has 0 atom stereocenters. The van der Waals surface area contributed by atoms with E-state index >= 15 is 0 Å². The summed E-state index contributed by atoms with van der Waals surface area (Å²) < 4.78 is 15.8. The minimum Gasteiger partial charge on any atom is -0.345 e. The van der Waals surface area contributed by atoms with Crippen LogP contribution in [0.5, 0.6) is 0 Å². The van der Waals surface area contributed by atoms with Crippen LogP contribution in [0.2, 0.25) is 0 Å². The molecule has 2 aromatic rings. The number of nitrogens with zero attached hydrogens (tertiary/aromatic N) is 1. The maximum atomic E-state index is 13.1. The first-order valence-corrected chi connectivity index (χ1v) is 7.80. The van der Waals surface area contributed by atoms with Gasteiger partial charge >= 0.3 is 0 Å². The summed E-state index contributed by atoms with van der Waals surface area (Å²) in [6, 6.07) is 5.94. The summed E-state index contributed by atoms with van der Waals surface area (Å²) in [4.78, 5) is 23.7. The number of hydrogen-bond donors (Lipinski definition) is 2. The van der Waals surface area contributed by atoms with Gasteiger partial charge in [-0.05, 0) is 55.6 Å². The molecule has 2 rings (SSSR count). The number of hydrazine groups is 1. The highest BCUT2D eigenvalue weighted by Crippen LogP contribution is 2.17. The van der Waals surface area contributed by atoms with Gasteiger partial charge in [0.25, 0.3) is 5.91 Å². The normalized spacial score (nSPS) is 10.4. The fourth-order valence-electron chi connectivity index (χ4n) is 1.82. The minimum absolute atomic E-state index is 0.0238. The van der Waals surface area contributed by atoms with Gasteiger partial charge in [0.2, 0.25) is 5.91 Å². The molecule has 2 amide bonds. The van der Waals surface area contributed by atoms with Crippen LogP contribution in [0.4, 0.5) is 4.39 Å². The number of aromatic nitrogens is 1. The summed E-state index contributed by atoms with van der Waals surface area (Å²) in [7, 11) is 1.72. The SMILES string of the molecule is Cn1cc(Br)cc1C(=O)NNC(=O)Cc1ccc(F)c(Br)c1. The molecule has 22 heavy (non-hydrogen) atoms. The molecule has 116 valence electrons. The Balaban J connectivity index is 1.91. The van der Waals surface area contributed by atoms with Gasteiger partial charge in [-0.15, -0.1) is 0 Å². The van der Waals surface area contributed by atoms with Crippen molar-refractivity contribution in [2.24, 2.45) is 7.05 Å². The van der Waals surface area contributed by atoms with E-state index in [1.165, 1.54) is 18.2 Å². The summed E-state index contributed by atoms with van der Waals surface area (Å²) in [6.45, 7) is 0. The van der Waals surface area contributed by atoms with Crippen LogP contribution < -0.4 is 10.9 Å². The highest BCUT2D eigenvalue weighted by atomic mass is 79.9. The first kappa shape index (κ1) is 16.7. The van der Waals surface area contributed by atoms with E-state index in [1.807, 2.05) is 0 Å². The fraction of sp³-hybridized carbons (Fsp3) is 0.143. The van der Waals surface area contributed by atoms with Gasteiger partial charge in [0.05, 0.1) is 10.9 Å². The molecular formula is C14H12Br2FN3O2. The molecule has 0 unspecified atom stereocenters. The monoisotopic (exact) mass is 431 g/mol. The van der Waals surface area contributed by atoms with E-state index in [4.69, 9.17) is 0 Å². The lowest BCUT2D eigenvalue weighted by Crippen LogP contribution is -2.42. The molecule has 0 aliphatic rings. The van der Waals surface area contributed by atoms with Gasteiger partial charge in [-0.25, -0.2) is 4.39 Å². The molecule has 8 heteroatoms. The number of rotatable bonds is 3. The Morgan fingerprint density at radius 2 is 1.95 bits per heavy atom. The van der Waals surface area contributed by atoms with Crippen molar-refractivity contribution in [1.82, 2.24) is 15.4 Å². The topological polar surface area (TPSA) is 63.1 Å². The molecule has 0 bridgehead atoms. The van der Waals surface area contributed by atoms with Crippen molar-refractivity contribution in [2.45, 2.75) is 6.42 Å². The number of aryl methyl sites for hydroxylation is 1. The van der Waals surface area contributed by atoms with Gasteiger partial charge in [0.1, 0.15) is 11.5 Å². The van der Waals surface area contributed by atoms with E-state index in [2.05, 4.69) is 42.7 Å². The second kappa shape index (κ2) is 7.06. The molecule has 0 fully saturated rings. The summed E-state index contributed by atoms with van der Waals surface area (Å²) in [5.41, 5.74) is 5.68. The Hall–Kier alpha value is -1.67. The quantitative estimate of drug-likeness (QED) is 0.732. The molecule has 0 spiro atoms. The van der Waals surface area contributed by atoms with E-state index in [9.17, 15) is 14.0 Å². The van der Waals surface area contributed by atoms with E-state index < -0.39 is 17.6 Å². The number of benzene rings is 1. The second-order valence-electron chi connectivity index (χ2n) is 4.58. The molecule has 0 aliphatic heterocycles. The zero-order chi connectivity index (χ0) is 16.3. The number of halogens is 3. The first-order chi connectivity index (χ1) is 10.4. The number of carbonyl (C=O) groups excluding carboxylic acids is 2. The maximum Gasteiger partial charge on any atom is 0.286 e. The summed E-state index contributed by atoms with van der Waals surface area (Å²) >= 11 is 6.32. The predicted molar refractivity (Wildman–Crippen MR) is 86.5 cm³/mol. The van der Waals surface area contributed by atoms with Gasteiger partial charge in [0.15, 0.2) is 0 Å². The fourth-order valence-corrected chi connectivity index (χ4v) is 2.77. The standard InChI is InChI=1S/C14H12Br2FN3O2/c1-20-7-9(15)6-12(20)14(22)19-18-13(21)5-8-2-3-11(17)10(16)4-8/h2-4,6-7H,5H2,1H3,(H,18,21)(H,19,22). The van der Waals surface area contributed by atoms with Crippen LogP contribution >= 0.6 is 31.9 Å². The Kier molecular flexibility index (Phi) is 5.36. The highest BCUT2D eigenvalue weighted by molar-refractivity contribution is 9.10. The van der Waals surface area contributed by atoms with Crippen molar-refractivity contribution >= 4 is 43.7 Å². The number of hydrogen-bond acceptors (Lipinski definition) is 2. The van der Waals surface area contributed by atoms with Crippen LogP contribution in [0.1, 0.15) is 16.1 Å². The Bertz CT molecular complexity index is 731. The van der Waals surface area contributed by atoms with Crippen LogP contribution in [-0.4, -0.2) is 16.4 Å². The van der Waals surface area contributed by atoms with Crippen LogP contribution in [0.25, 0.3) is 0 Å². The van der Waals surface area contributed by atoms with Crippen molar-refractivity contribution in [2.75, 3.05) is 0 Å². The molecule has 1 aromatic heterocycles. The molecule has 5 nitrogen and oxygen atoms in total. The number of amides is 2. The Labute approximate surface area is 143 Å². The Morgan fingerprint density at radius 3 is 2.55 bits per heavy atom. The van der Waals surface area contributed by atoms with Gasteiger partial charge in [-0.2, -0.15) is 0 Å². The minimum atomic E-state index is -0.429. The van der Waals surface area contributed by atoms with E-state index in [-0.39, 0.29) is 10.9 Å². The van der Waals surface area contributed by atoms with E-state index in [0.717, 1.165) is 4.47 Å². The molecule has 1 heterocycles. The third kappa shape index (κ3) is 4.17. The highest BCUT2D eigenvalue weighted by Gasteiger charge is 2.12. The average Bonchev–Trinajstić information content (AvgIpc) is 2.79. The molecule has 0 radical (unpaired) electrons. The lowest BCUT2D eigenvalue weighted by atomic mass is 10.1. The predicted octanol–water partition coefficient (Wildman–Crippen LogP) is 2.69. The lowest BCUT2D eigenvalue weighted by molar-refractivity contribution is -0.121. The van der Waals surface area contributed by atoms with Crippen molar-refractivity contribution in [3.05, 3.63) is 56.5 Å². The van der Waals surface area contributed by atoms with Gasteiger partial charge in [-0.3, -0.25) is 20.4 Å². The van der Waals surface area contributed by atoms with Crippen LogP contribution in [-0.2, 0) is 18.3 Å². The second-order valence-corrected chi connectivity index (χ2v) is 6.35. The average molecular weight is 433 g/mol. The summed E-state index contributed by atoms with van der Waals surface area (Å²) in [6.07, 6.45) is 1.75. The summed E-state index contributed by atoms with van der Waals surface area (Å²) in [5.74, 6) is -1.23. The van der Waals surface area contributed by atoms with Crippen molar-refractivity contribution in [3.8, 4) is 0 Å². The van der Waals surface area contributed by atoms with Gasteiger partial charge in [0, 0.05) is 17.7 Å². The molecule has 2 N–H and O–H groups in total. The van der Waals surface area contributed by atoms with Crippen molar-refractivity contribution in [3.63, 3.8) is 0 Å². The maximum absolute atomic E-state index is 13.1.